The molecular weight excluding hydrogens is 576 g/mol. The van der Waals surface area contributed by atoms with Gasteiger partial charge in [0.2, 0.25) is 0 Å². The van der Waals surface area contributed by atoms with Gasteiger partial charge in [0, 0.05) is 25.3 Å². The molecule has 0 aliphatic heterocycles. The molecule has 15 heteroatoms. The van der Waals surface area contributed by atoms with Gasteiger partial charge in [-0.25, -0.2) is 27.8 Å². The first kappa shape index (κ1) is 30.2. The molecule has 0 saturated carbocycles. The summed E-state index contributed by atoms with van der Waals surface area (Å²) >= 11 is 6.66. The maximum atomic E-state index is 15.2. The van der Waals surface area contributed by atoms with Crippen LogP contribution in [0.25, 0.3) is 0 Å². The number of anilines is 1. The van der Waals surface area contributed by atoms with E-state index in [2.05, 4.69) is 4.98 Å². The van der Waals surface area contributed by atoms with Gasteiger partial charge >= 0.3 is 12.2 Å². The number of hydrogen-bond acceptors (Lipinski definition) is 6. The zero-order valence-corrected chi connectivity index (χ0v) is 21.6. The lowest BCUT2D eigenvalue weighted by Gasteiger charge is -2.29. The van der Waals surface area contributed by atoms with E-state index >= 15 is 4.39 Å². The van der Waals surface area contributed by atoms with E-state index in [-0.39, 0.29) is 20.6 Å². The van der Waals surface area contributed by atoms with Crippen LogP contribution in [0, 0.1) is 17.5 Å². The third-order valence-electron chi connectivity index (χ3n) is 4.96. The van der Waals surface area contributed by atoms with Crippen LogP contribution in [0.4, 0.5) is 36.8 Å². The minimum absolute atomic E-state index is 0.0366. The fourth-order valence-electron chi connectivity index (χ4n) is 3.21. The standard InChI is InChI=1S/C24H18ClF6N3O4S/c1-37-11-33(23(36)34(12-38-2)22(35)20-16(26)4-3-5-17(20)27)19-7-6-14(9-18(19)28)39-21-15(25)8-13(10-32-21)24(29,30)31/h3-10H,11-12H2,1-2H3. The largest absolute Gasteiger partial charge is 0.417 e. The molecule has 0 fully saturated rings. The highest BCUT2D eigenvalue weighted by atomic mass is 35.5. The summed E-state index contributed by atoms with van der Waals surface area (Å²) in [7, 11) is 2.30. The molecule has 7 nitrogen and oxygen atoms in total. The Morgan fingerprint density at radius 1 is 0.974 bits per heavy atom. The lowest BCUT2D eigenvalue weighted by Crippen LogP contribution is -2.48. The van der Waals surface area contributed by atoms with Crippen molar-refractivity contribution < 1.29 is 45.4 Å². The molecule has 0 atom stereocenters. The number of pyridine rings is 1. The molecule has 0 aliphatic rings. The topological polar surface area (TPSA) is 72.0 Å². The number of aromatic nitrogens is 1. The molecule has 0 N–H and O–H groups in total. The minimum atomic E-state index is -4.65. The van der Waals surface area contributed by atoms with Gasteiger partial charge in [0.25, 0.3) is 5.91 Å². The van der Waals surface area contributed by atoms with Crippen LogP contribution in [0.15, 0.2) is 58.6 Å². The van der Waals surface area contributed by atoms with Crippen molar-refractivity contribution in [1.29, 1.82) is 0 Å². The predicted octanol–water partition coefficient (Wildman–Crippen LogP) is 6.60. The fourth-order valence-corrected chi connectivity index (χ4v) is 4.27. The molecule has 39 heavy (non-hydrogen) atoms. The summed E-state index contributed by atoms with van der Waals surface area (Å²) < 4.78 is 92.0. The van der Waals surface area contributed by atoms with Crippen molar-refractivity contribution in [2.45, 2.75) is 16.1 Å². The minimum Gasteiger partial charge on any atom is -0.364 e. The number of imide groups is 1. The molecular formula is C24H18ClF6N3O4S. The summed E-state index contributed by atoms with van der Waals surface area (Å²) in [4.78, 5) is 31.1. The van der Waals surface area contributed by atoms with Crippen LogP contribution < -0.4 is 4.90 Å². The van der Waals surface area contributed by atoms with Gasteiger partial charge in [-0.1, -0.05) is 29.4 Å². The van der Waals surface area contributed by atoms with Crippen LogP contribution in [0.3, 0.4) is 0 Å². The fraction of sp³-hybridized carbons (Fsp3) is 0.208. The zero-order chi connectivity index (χ0) is 28.9. The SMILES string of the molecule is COCN(C(=O)c1c(F)cccc1F)C(=O)N(COC)c1ccc(Sc2ncc(C(F)(F)F)cc2Cl)cc1F. The smallest absolute Gasteiger partial charge is 0.364 e. The highest BCUT2D eigenvalue weighted by molar-refractivity contribution is 7.99. The van der Waals surface area contributed by atoms with E-state index in [1.807, 2.05) is 0 Å². The summed E-state index contributed by atoms with van der Waals surface area (Å²) in [5.74, 6) is -4.84. The Kier molecular flexibility index (Phi) is 9.83. The van der Waals surface area contributed by atoms with E-state index in [0.29, 0.717) is 22.1 Å². The summed E-state index contributed by atoms with van der Waals surface area (Å²) in [6, 6.07) is 5.53. The number of nitrogens with zero attached hydrogens (tertiary/aromatic N) is 3. The van der Waals surface area contributed by atoms with Crippen LogP contribution in [-0.4, -0.2) is 49.5 Å². The molecule has 0 spiro atoms. The van der Waals surface area contributed by atoms with E-state index in [9.17, 15) is 31.5 Å². The second-order valence-corrected chi connectivity index (χ2v) is 9.07. The second-order valence-electron chi connectivity index (χ2n) is 7.60. The Labute approximate surface area is 227 Å². The molecule has 0 unspecified atom stereocenters. The molecule has 0 radical (unpaired) electrons. The van der Waals surface area contributed by atoms with Gasteiger partial charge < -0.3 is 9.47 Å². The van der Waals surface area contributed by atoms with E-state index < -0.39 is 60.2 Å². The average molecular weight is 594 g/mol. The number of hydrogen-bond donors (Lipinski definition) is 0. The van der Waals surface area contributed by atoms with E-state index in [0.717, 1.165) is 49.2 Å². The zero-order valence-electron chi connectivity index (χ0n) is 20.1. The van der Waals surface area contributed by atoms with Gasteiger partial charge in [-0.15, -0.1) is 0 Å². The first-order valence-electron chi connectivity index (χ1n) is 10.6. The van der Waals surface area contributed by atoms with Crippen molar-refractivity contribution in [3.05, 3.63) is 82.3 Å². The number of methoxy groups -OCH3 is 2. The summed E-state index contributed by atoms with van der Waals surface area (Å²) in [5, 5.41) is -0.352. The van der Waals surface area contributed by atoms with E-state index in [4.69, 9.17) is 21.1 Å². The first-order chi connectivity index (χ1) is 18.4. The molecule has 0 aliphatic carbocycles. The van der Waals surface area contributed by atoms with Crippen LogP contribution in [0.2, 0.25) is 5.02 Å². The number of amides is 3. The van der Waals surface area contributed by atoms with E-state index in [1.165, 1.54) is 13.2 Å². The van der Waals surface area contributed by atoms with Gasteiger partial charge in [-0.05, 0) is 36.4 Å². The number of carbonyl (C=O) groups excluding carboxylic acids is 2. The van der Waals surface area contributed by atoms with Crippen LogP contribution in [0.1, 0.15) is 15.9 Å². The lowest BCUT2D eigenvalue weighted by molar-refractivity contribution is -0.137. The Bertz CT molecular complexity index is 1360. The number of alkyl halides is 3. The number of halogens is 7. The highest BCUT2D eigenvalue weighted by Crippen LogP contribution is 2.37. The number of urea groups is 1. The van der Waals surface area contributed by atoms with Gasteiger partial charge in [-0.3, -0.25) is 9.69 Å². The molecule has 0 saturated heterocycles. The molecule has 3 aromatic rings. The highest BCUT2D eigenvalue weighted by Gasteiger charge is 2.33. The Morgan fingerprint density at radius 3 is 2.15 bits per heavy atom. The number of benzene rings is 2. The van der Waals surface area contributed by atoms with E-state index in [1.54, 1.807) is 0 Å². The third kappa shape index (κ3) is 7.01. The predicted molar refractivity (Wildman–Crippen MR) is 129 cm³/mol. The Morgan fingerprint density at radius 2 is 1.62 bits per heavy atom. The number of rotatable bonds is 8. The summed E-state index contributed by atoms with van der Waals surface area (Å²) in [6.07, 6.45) is -4.07. The normalized spacial score (nSPS) is 11.4. The van der Waals surface area contributed by atoms with Crippen molar-refractivity contribution >= 4 is 41.0 Å². The van der Waals surface area contributed by atoms with Crippen LogP contribution >= 0.6 is 23.4 Å². The molecule has 2 aromatic carbocycles. The van der Waals surface area contributed by atoms with Gasteiger partial charge in [0.15, 0.2) is 0 Å². The third-order valence-corrected chi connectivity index (χ3v) is 6.37. The number of ether oxygens (including phenoxy) is 2. The molecule has 0 bridgehead atoms. The average Bonchev–Trinajstić information content (AvgIpc) is 2.86. The molecule has 208 valence electrons. The first-order valence-corrected chi connectivity index (χ1v) is 11.8. The summed E-state index contributed by atoms with van der Waals surface area (Å²) in [5.41, 5.74) is -2.47. The van der Waals surface area contributed by atoms with Crippen LogP contribution in [-0.2, 0) is 15.7 Å². The van der Waals surface area contributed by atoms with Crippen LogP contribution in [0.5, 0.6) is 0 Å². The Hall–Kier alpha value is -3.33. The monoisotopic (exact) mass is 593 g/mol. The van der Waals surface area contributed by atoms with Crippen molar-refractivity contribution in [3.63, 3.8) is 0 Å². The molecule has 3 amide bonds. The second kappa shape index (κ2) is 12.7. The molecule has 1 aromatic heterocycles. The summed E-state index contributed by atoms with van der Waals surface area (Å²) in [6.45, 7) is -1.32. The van der Waals surface area contributed by atoms with Gasteiger partial charge in [0.1, 0.15) is 41.5 Å². The van der Waals surface area contributed by atoms with Crippen molar-refractivity contribution in [1.82, 2.24) is 9.88 Å². The van der Waals surface area contributed by atoms with Crippen molar-refractivity contribution in [3.8, 4) is 0 Å². The Balaban J connectivity index is 1.92. The van der Waals surface area contributed by atoms with Crippen molar-refractivity contribution in [2.75, 3.05) is 32.6 Å². The molecule has 3 rings (SSSR count). The maximum Gasteiger partial charge on any atom is 0.417 e. The quantitative estimate of drug-likeness (QED) is 0.217. The lowest BCUT2D eigenvalue weighted by atomic mass is 10.1. The molecule has 1 heterocycles. The maximum absolute atomic E-state index is 15.2. The van der Waals surface area contributed by atoms with Gasteiger partial charge in [0.05, 0.1) is 16.3 Å². The van der Waals surface area contributed by atoms with Crippen molar-refractivity contribution in [2.24, 2.45) is 0 Å². The van der Waals surface area contributed by atoms with Gasteiger partial charge in [-0.2, -0.15) is 13.2 Å². The number of carbonyl (C=O) groups is 2.